The van der Waals surface area contributed by atoms with E-state index in [0.29, 0.717) is 24.6 Å². The van der Waals surface area contributed by atoms with E-state index in [9.17, 15) is 8.78 Å². The number of aromatic amines is 1. The van der Waals surface area contributed by atoms with Gasteiger partial charge in [-0.1, -0.05) is 34.1 Å². The summed E-state index contributed by atoms with van der Waals surface area (Å²) in [4.78, 5) is 7.44. The van der Waals surface area contributed by atoms with Crippen molar-refractivity contribution in [2.45, 2.75) is 13.1 Å². The summed E-state index contributed by atoms with van der Waals surface area (Å²) in [7, 11) is 0. The lowest BCUT2D eigenvalue weighted by molar-refractivity contribution is 0.265. The number of halogens is 3. The number of hydrogen-bond donors (Lipinski definition) is 1. The number of hydrazone groups is 1. The maximum atomic E-state index is 14.0. The molecule has 0 saturated heterocycles. The quantitative estimate of drug-likeness (QED) is 0.702. The van der Waals surface area contributed by atoms with Crippen molar-refractivity contribution >= 4 is 22.1 Å². The van der Waals surface area contributed by atoms with Crippen LogP contribution in [0, 0.1) is 11.6 Å². The van der Waals surface area contributed by atoms with E-state index in [-0.39, 0.29) is 5.56 Å². The number of nitrogens with zero attached hydrogens (tertiary/aromatic N) is 3. The Labute approximate surface area is 151 Å². The van der Waals surface area contributed by atoms with Gasteiger partial charge in [0.2, 0.25) is 0 Å². The molecule has 0 saturated carbocycles. The first-order valence-corrected chi connectivity index (χ1v) is 8.46. The van der Waals surface area contributed by atoms with Gasteiger partial charge in [0.1, 0.15) is 5.82 Å². The van der Waals surface area contributed by atoms with E-state index in [0.717, 1.165) is 21.8 Å². The van der Waals surface area contributed by atoms with Crippen molar-refractivity contribution < 1.29 is 8.78 Å². The lowest BCUT2D eigenvalue weighted by atomic mass is 10.2. The van der Waals surface area contributed by atoms with Crippen LogP contribution in [0.2, 0.25) is 0 Å². The molecular formula is C18H13BrF2N4. The third-order valence-electron chi connectivity index (χ3n) is 3.98. The van der Waals surface area contributed by atoms with Crippen LogP contribution < -0.4 is 0 Å². The molecule has 1 aromatic heterocycles. The van der Waals surface area contributed by atoms with Crippen LogP contribution in [0.4, 0.5) is 8.78 Å². The summed E-state index contributed by atoms with van der Waals surface area (Å²) >= 11 is 3.41. The first-order chi connectivity index (χ1) is 12.1. The average Bonchev–Trinajstić information content (AvgIpc) is 3.02. The van der Waals surface area contributed by atoms with Gasteiger partial charge in [-0.05, 0) is 29.8 Å². The standard InChI is InChI=1S/C18H13BrF2N4/c19-12-6-4-11(5-7-12)9-25-10-16-15(8-22-25)23-18(24-16)13-2-1-3-14(20)17(13)21/h1-8H,9-10H2,(H,23,24). The summed E-state index contributed by atoms with van der Waals surface area (Å²) < 4.78 is 28.4. The molecule has 2 aromatic carbocycles. The summed E-state index contributed by atoms with van der Waals surface area (Å²) in [6, 6.07) is 12.0. The van der Waals surface area contributed by atoms with Gasteiger partial charge in [0, 0.05) is 4.47 Å². The van der Waals surface area contributed by atoms with Crippen LogP contribution >= 0.6 is 15.9 Å². The number of imidazole rings is 1. The molecule has 1 N–H and O–H groups in total. The Hall–Kier alpha value is -2.54. The zero-order valence-electron chi connectivity index (χ0n) is 13.0. The van der Waals surface area contributed by atoms with Gasteiger partial charge in [0.25, 0.3) is 0 Å². The predicted octanol–water partition coefficient (Wildman–Crippen LogP) is 4.47. The highest BCUT2D eigenvalue weighted by atomic mass is 79.9. The second kappa shape index (κ2) is 6.40. The van der Waals surface area contributed by atoms with Crippen LogP contribution in [-0.2, 0) is 13.1 Å². The van der Waals surface area contributed by atoms with E-state index < -0.39 is 11.6 Å². The fourth-order valence-corrected chi connectivity index (χ4v) is 2.98. The lowest BCUT2D eigenvalue weighted by Crippen LogP contribution is -2.21. The normalized spacial score (nSPS) is 13.2. The first-order valence-electron chi connectivity index (χ1n) is 7.67. The van der Waals surface area contributed by atoms with E-state index in [4.69, 9.17) is 0 Å². The fourth-order valence-electron chi connectivity index (χ4n) is 2.71. The van der Waals surface area contributed by atoms with E-state index in [2.05, 4.69) is 31.0 Å². The molecule has 1 aliphatic rings. The summed E-state index contributed by atoms with van der Waals surface area (Å²) in [5.74, 6) is -1.49. The molecule has 0 spiro atoms. The Kier molecular flexibility index (Phi) is 4.09. The minimum atomic E-state index is -0.905. The first kappa shape index (κ1) is 16.0. The minimum Gasteiger partial charge on any atom is -0.337 e. The third kappa shape index (κ3) is 3.19. The number of benzene rings is 2. The van der Waals surface area contributed by atoms with Gasteiger partial charge in [-0.2, -0.15) is 5.10 Å². The molecule has 0 unspecified atom stereocenters. The van der Waals surface area contributed by atoms with E-state index >= 15 is 0 Å². The van der Waals surface area contributed by atoms with Crippen molar-refractivity contribution in [3.05, 3.63) is 75.5 Å². The van der Waals surface area contributed by atoms with Gasteiger partial charge in [-0.25, -0.2) is 13.8 Å². The molecular weight excluding hydrogens is 390 g/mol. The van der Waals surface area contributed by atoms with E-state index in [1.165, 1.54) is 12.1 Å². The van der Waals surface area contributed by atoms with Crippen LogP contribution in [0.5, 0.6) is 0 Å². The molecule has 4 rings (SSSR count). The van der Waals surface area contributed by atoms with Gasteiger partial charge < -0.3 is 4.98 Å². The van der Waals surface area contributed by atoms with Crippen molar-refractivity contribution in [2.24, 2.45) is 5.10 Å². The summed E-state index contributed by atoms with van der Waals surface area (Å²) in [6.07, 6.45) is 1.66. The Morgan fingerprint density at radius 1 is 1.12 bits per heavy atom. The largest absolute Gasteiger partial charge is 0.337 e. The average molecular weight is 403 g/mol. The Bertz CT molecular complexity index is 950. The molecule has 2 heterocycles. The van der Waals surface area contributed by atoms with Crippen molar-refractivity contribution in [1.29, 1.82) is 0 Å². The number of hydrogen-bond acceptors (Lipinski definition) is 3. The van der Waals surface area contributed by atoms with Gasteiger partial charge in [-0.15, -0.1) is 0 Å². The topological polar surface area (TPSA) is 44.3 Å². The van der Waals surface area contributed by atoms with Crippen LogP contribution in [0.25, 0.3) is 11.4 Å². The van der Waals surface area contributed by atoms with E-state index in [1.807, 2.05) is 29.3 Å². The smallest absolute Gasteiger partial charge is 0.169 e. The van der Waals surface area contributed by atoms with Crippen LogP contribution in [0.3, 0.4) is 0 Å². The van der Waals surface area contributed by atoms with Crippen molar-refractivity contribution in [2.75, 3.05) is 0 Å². The Balaban J connectivity index is 1.57. The number of rotatable bonds is 3. The second-order valence-corrected chi connectivity index (χ2v) is 6.66. The zero-order valence-corrected chi connectivity index (χ0v) is 14.6. The SMILES string of the molecule is Fc1cccc(-c2nc3c([nH]2)C=NN(Cc2ccc(Br)cc2)C3)c1F. The van der Waals surface area contributed by atoms with Crippen molar-refractivity contribution in [3.63, 3.8) is 0 Å². The second-order valence-electron chi connectivity index (χ2n) is 5.74. The number of fused-ring (bicyclic) bond motifs is 1. The molecule has 3 aromatic rings. The molecule has 1 aliphatic heterocycles. The van der Waals surface area contributed by atoms with Gasteiger partial charge in [0.05, 0.1) is 36.3 Å². The van der Waals surface area contributed by atoms with E-state index in [1.54, 1.807) is 6.21 Å². The third-order valence-corrected chi connectivity index (χ3v) is 4.51. The highest BCUT2D eigenvalue weighted by Crippen LogP contribution is 2.25. The molecule has 126 valence electrons. The molecule has 0 fully saturated rings. The molecule has 25 heavy (non-hydrogen) atoms. The van der Waals surface area contributed by atoms with Crippen LogP contribution in [0.15, 0.2) is 52.0 Å². The Morgan fingerprint density at radius 2 is 1.92 bits per heavy atom. The van der Waals surface area contributed by atoms with Gasteiger partial charge in [0.15, 0.2) is 11.6 Å². The number of H-pyrrole nitrogens is 1. The monoisotopic (exact) mass is 402 g/mol. The highest BCUT2D eigenvalue weighted by Gasteiger charge is 2.20. The van der Waals surface area contributed by atoms with Crippen LogP contribution in [0.1, 0.15) is 17.0 Å². The van der Waals surface area contributed by atoms with Gasteiger partial charge in [-0.3, -0.25) is 5.01 Å². The fraction of sp³-hybridized carbons (Fsp3) is 0.111. The summed E-state index contributed by atoms with van der Waals surface area (Å²) in [5, 5.41) is 6.27. The Morgan fingerprint density at radius 3 is 2.72 bits per heavy atom. The molecule has 0 amide bonds. The van der Waals surface area contributed by atoms with Crippen molar-refractivity contribution in [1.82, 2.24) is 15.0 Å². The lowest BCUT2D eigenvalue weighted by Gasteiger charge is -2.21. The minimum absolute atomic E-state index is 0.113. The predicted molar refractivity (Wildman–Crippen MR) is 94.9 cm³/mol. The molecule has 0 bridgehead atoms. The highest BCUT2D eigenvalue weighted by molar-refractivity contribution is 9.10. The maximum absolute atomic E-state index is 14.0. The van der Waals surface area contributed by atoms with Gasteiger partial charge >= 0.3 is 0 Å². The van der Waals surface area contributed by atoms with Crippen LogP contribution in [-0.4, -0.2) is 21.2 Å². The number of nitrogens with one attached hydrogen (secondary N) is 1. The summed E-state index contributed by atoms with van der Waals surface area (Å²) in [5.41, 5.74) is 2.70. The molecule has 0 atom stereocenters. The molecule has 4 nitrogen and oxygen atoms in total. The molecule has 0 radical (unpaired) electrons. The van der Waals surface area contributed by atoms with Crippen molar-refractivity contribution in [3.8, 4) is 11.4 Å². The maximum Gasteiger partial charge on any atom is 0.169 e. The number of aromatic nitrogens is 2. The molecule has 7 heteroatoms. The summed E-state index contributed by atoms with van der Waals surface area (Å²) in [6.45, 7) is 1.13. The molecule has 0 aliphatic carbocycles. The zero-order chi connectivity index (χ0) is 17.4.